The van der Waals surface area contributed by atoms with Gasteiger partial charge in [0.25, 0.3) is 0 Å². The molecule has 0 aliphatic heterocycles. The van der Waals surface area contributed by atoms with Crippen molar-refractivity contribution in [1.29, 1.82) is 0 Å². The van der Waals surface area contributed by atoms with Gasteiger partial charge in [0.15, 0.2) is 0 Å². The Hall–Kier alpha value is -2.24. The summed E-state index contributed by atoms with van der Waals surface area (Å²) in [6.45, 7) is 0. The zero-order chi connectivity index (χ0) is 18.0. The van der Waals surface area contributed by atoms with Crippen molar-refractivity contribution in [2.75, 3.05) is 5.32 Å². The number of benzene rings is 2. The van der Waals surface area contributed by atoms with Crippen molar-refractivity contribution < 1.29 is 4.79 Å². The molecular formula is C20H18ClN3OS. The van der Waals surface area contributed by atoms with E-state index in [1.807, 2.05) is 53.9 Å². The lowest BCUT2D eigenvalue weighted by atomic mass is 9.78. The number of aromatic nitrogens is 2. The van der Waals surface area contributed by atoms with Crippen LogP contribution in [0.4, 0.5) is 5.69 Å². The summed E-state index contributed by atoms with van der Waals surface area (Å²) in [7, 11) is 0. The van der Waals surface area contributed by atoms with E-state index in [0.717, 1.165) is 48.2 Å². The van der Waals surface area contributed by atoms with E-state index in [1.54, 1.807) is 0 Å². The lowest BCUT2D eigenvalue weighted by Crippen LogP contribution is -2.38. The molecule has 4 nitrogen and oxygen atoms in total. The molecule has 1 fully saturated rings. The minimum absolute atomic E-state index is 0.0420. The molecule has 1 saturated carbocycles. The number of hydrogen-bond donors (Lipinski definition) is 1. The first kappa shape index (κ1) is 17.2. The number of rotatable bonds is 4. The van der Waals surface area contributed by atoms with Gasteiger partial charge < -0.3 is 5.32 Å². The number of amides is 1. The fraction of sp³-hybridized carbons (Fsp3) is 0.250. The number of carbonyl (C=O) groups is 1. The molecule has 3 aromatic rings. The van der Waals surface area contributed by atoms with Crippen molar-refractivity contribution in [2.45, 2.75) is 31.1 Å². The minimum atomic E-state index is -0.498. The largest absolute Gasteiger partial charge is 0.325 e. The quantitative estimate of drug-likeness (QED) is 0.664. The lowest BCUT2D eigenvalue weighted by Gasteiger charge is -2.28. The Kier molecular flexibility index (Phi) is 4.74. The number of hydrogen-bond acceptors (Lipinski definition) is 4. The monoisotopic (exact) mass is 383 g/mol. The first-order valence-electron chi connectivity index (χ1n) is 8.62. The van der Waals surface area contributed by atoms with Gasteiger partial charge in [0.05, 0.1) is 5.41 Å². The molecule has 1 aromatic heterocycles. The number of anilines is 1. The molecule has 1 aliphatic rings. The van der Waals surface area contributed by atoms with Crippen LogP contribution in [0.3, 0.4) is 0 Å². The SMILES string of the molecule is O=C(Nc1ccc(-c2csnn2)cc1)C1(c2cccc(Cl)c2)CCCC1. The van der Waals surface area contributed by atoms with Crippen LogP contribution >= 0.6 is 23.1 Å². The Morgan fingerprint density at radius 2 is 1.88 bits per heavy atom. The molecule has 0 spiro atoms. The van der Waals surface area contributed by atoms with E-state index in [1.165, 1.54) is 11.5 Å². The van der Waals surface area contributed by atoms with Crippen molar-refractivity contribution in [3.63, 3.8) is 0 Å². The smallest absolute Gasteiger partial charge is 0.235 e. The van der Waals surface area contributed by atoms with Gasteiger partial charge in [0.1, 0.15) is 5.69 Å². The lowest BCUT2D eigenvalue weighted by molar-refractivity contribution is -0.121. The molecule has 0 radical (unpaired) electrons. The second-order valence-corrected chi connectivity index (χ2v) is 7.67. The van der Waals surface area contributed by atoms with E-state index in [2.05, 4.69) is 14.9 Å². The van der Waals surface area contributed by atoms with Crippen LogP contribution in [0.2, 0.25) is 5.02 Å². The van der Waals surface area contributed by atoms with E-state index >= 15 is 0 Å². The molecule has 0 bridgehead atoms. The summed E-state index contributed by atoms with van der Waals surface area (Å²) in [5.41, 5.74) is 3.13. The van der Waals surface area contributed by atoms with Gasteiger partial charge in [-0.3, -0.25) is 4.79 Å². The van der Waals surface area contributed by atoms with Crippen molar-refractivity contribution in [3.05, 3.63) is 64.5 Å². The maximum Gasteiger partial charge on any atom is 0.235 e. The zero-order valence-corrected chi connectivity index (χ0v) is 15.7. The summed E-state index contributed by atoms with van der Waals surface area (Å²) in [5.74, 6) is 0.0420. The van der Waals surface area contributed by atoms with Crippen molar-refractivity contribution in [2.24, 2.45) is 0 Å². The molecule has 6 heteroatoms. The average molecular weight is 384 g/mol. The van der Waals surface area contributed by atoms with Crippen molar-refractivity contribution in [1.82, 2.24) is 9.59 Å². The van der Waals surface area contributed by atoms with Crippen LogP contribution in [-0.2, 0) is 10.2 Å². The topological polar surface area (TPSA) is 54.9 Å². The van der Waals surface area contributed by atoms with E-state index in [4.69, 9.17) is 11.6 Å². The first-order valence-corrected chi connectivity index (χ1v) is 9.84. The Bertz CT molecular complexity index is 903. The van der Waals surface area contributed by atoms with Crippen LogP contribution in [0.1, 0.15) is 31.2 Å². The molecule has 1 aliphatic carbocycles. The van der Waals surface area contributed by atoms with E-state index in [9.17, 15) is 4.79 Å². The predicted molar refractivity (Wildman–Crippen MR) is 106 cm³/mol. The van der Waals surface area contributed by atoms with Gasteiger partial charge in [0.2, 0.25) is 5.91 Å². The third-order valence-corrected chi connectivity index (χ3v) is 5.81. The summed E-state index contributed by atoms with van der Waals surface area (Å²) in [6.07, 6.45) is 3.80. The molecule has 0 saturated heterocycles. The van der Waals surface area contributed by atoms with Gasteiger partial charge in [0, 0.05) is 21.7 Å². The molecule has 1 amide bonds. The Balaban J connectivity index is 1.57. The van der Waals surface area contributed by atoms with E-state index in [0.29, 0.717) is 5.02 Å². The second-order valence-electron chi connectivity index (χ2n) is 6.62. The van der Waals surface area contributed by atoms with Crippen LogP contribution in [-0.4, -0.2) is 15.5 Å². The number of nitrogens with one attached hydrogen (secondary N) is 1. The Morgan fingerprint density at radius 3 is 2.54 bits per heavy atom. The summed E-state index contributed by atoms with van der Waals surface area (Å²) >= 11 is 7.50. The van der Waals surface area contributed by atoms with E-state index < -0.39 is 5.41 Å². The predicted octanol–water partition coefficient (Wildman–Crippen LogP) is 5.31. The highest BCUT2D eigenvalue weighted by molar-refractivity contribution is 7.03. The molecule has 0 atom stereocenters. The maximum atomic E-state index is 13.2. The third-order valence-electron chi connectivity index (χ3n) is 5.07. The molecule has 2 aromatic carbocycles. The van der Waals surface area contributed by atoms with Crippen molar-refractivity contribution >= 4 is 34.7 Å². The highest BCUT2D eigenvalue weighted by Gasteiger charge is 2.42. The number of carbonyl (C=O) groups excluding carboxylic acids is 1. The second kappa shape index (κ2) is 7.17. The highest BCUT2D eigenvalue weighted by atomic mass is 35.5. The van der Waals surface area contributed by atoms with E-state index in [-0.39, 0.29) is 5.91 Å². The van der Waals surface area contributed by atoms with Gasteiger partial charge in [-0.05, 0) is 54.2 Å². The third kappa shape index (κ3) is 3.24. The number of halogens is 1. The summed E-state index contributed by atoms with van der Waals surface area (Å²) in [6, 6.07) is 15.4. The molecule has 0 unspecified atom stereocenters. The van der Waals surface area contributed by atoms with Crippen LogP contribution in [0.5, 0.6) is 0 Å². The van der Waals surface area contributed by atoms with Crippen molar-refractivity contribution in [3.8, 4) is 11.3 Å². The normalized spacial score (nSPS) is 15.7. The molecule has 1 N–H and O–H groups in total. The minimum Gasteiger partial charge on any atom is -0.325 e. The average Bonchev–Trinajstić information content (AvgIpc) is 3.35. The molecule has 26 heavy (non-hydrogen) atoms. The Morgan fingerprint density at radius 1 is 1.12 bits per heavy atom. The van der Waals surface area contributed by atoms with Crippen LogP contribution in [0.15, 0.2) is 53.9 Å². The van der Waals surface area contributed by atoms with Crippen LogP contribution < -0.4 is 5.32 Å². The standard InChI is InChI=1S/C20H18ClN3OS/c21-16-5-3-4-15(12-16)20(10-1-2-11-20)19(25)22-17-8-6-14(7-9-17)18-13-26-24-23-18/h3-9,12-13H,1-2,10-11H2,(H,22,25). The van der Waals surface area contributed by atoms with Gasteiger partial charge in [-0.1, -0.05) is 53.2 Å². The fourth-order valence-corrected chi connectivity index (χ4v) is 4.33. The molecule has 4 rings (SSSR count). The first-order chi connectivity index (χ1) is 12.7. The number of nitrogens with zero attached hydrogens (tertiary/aromatic N) is 2. The summed E-state index contributed by atoms with van der Waals surface area (Å²) < 4.78 is 3.88. The summed E-state index contributed by atoms with van der Waals surface area (Å²) in [4.78, 5) is 13.2. The van der Waals surface area contributed by atoms with Gasteiger partial charge in [-0.2, -0.15) is 0 Å². The summed E-state index contributed by atoms with van der Waals surface area (Å²) in [5, 5.41) is 9.74. The maximum absolute atomic E-state index is 13.2. The highest BCUT2D eigenvalue weighted by Crippen LogP contribution is 2.42. The fourth-order valence-electron chi connectivity index (χ4n) is 3.68. The molecular weight excluding hydrogens is 366 g/mol. The zero-order valence-electron chi connectivity index (χ0n) is 14.1. The van der Waals surface area contributed by atoms with Crippen LogP contribution in [0, 0.1) is 0 Å². The Labute approximate surface area is 161 Å². The van der Waals surface area contributed by atoms with Gasteiger partial charge in [-0.15, -0.1) is 5.10 Å². The van der Waals surface area contributed by atoms with Crippen LogP contribution in [0.25, 0.3) is 11.3 Å². The molecule has 1 heterocycles. The van der Waals surface area contributed by atoms with Gasteiger partial charge >= 0.3 is 0 Å². The van der Waals surface area contributed by atoms with Gasteiger partial charge in [-0.25, -0.2) is 0 Å². The molecule has 132 valence electrons.